The first-order valence-corrected chi connectivity index (χ1v) is 5.90. The molecule has 1 unspecified atom stereocenters. The molecule has 13 heavy (non-hydrogen) atoms. The van der Waals surface area contributed by atoms with Gasteiger partial charge in [0.15, 0.2) is 0 Å². The fourth-order valence-corrected chi connectivity index (χ4v) is 4.15. The van der Waals surface area contributed by atoms with Gasteiger partial charge < -0.3 is 4.90 Å². The largest absolute Gasteiger partial charge is 0.327 e. The van der Waals surface area contributed by atoms with Gasteiger partial charge in [-0.15, -0.1) is 11.8 Å². The topological polar surface area (TPSA) is 20.3 Å². The highest BCUT2D eigenvalue weighted by atomic mass is 32.2. The summed E-state index contributed by atoms with van der Waals surface area (Å²) in [4.78, 5) is 13.8. The summed E-state index contributed by atoms with van der Waals surface area (Å²) < 4.78 is 0. The van der Waals surface area contributed by atoms with Crippen molar-refractivity contribution in [2.45, 2.75) is 38.5 Å². The number of amides is 1. The van der Waals surface area contributed by atoms with Crippen LogP contribution in [0.3, 0.4) is 0 Å². The first-order chi connectivity index (χ1) is 5.97. The van der Waals surface area contributed by atoms with E-state index in [0.29, 0.717) is 5.91 Å². The van der Waals surface area contributed by atoms with Crippen LogP contribution in [-0.4, -0.2) is 28.0 Å². The summed E-state index contributed by atoms with van der Waals surface area (Å²) in [6, 6.07) is 0. The maximum atomic E-state index is 11.6. The molecule has 2 saturated heterocycles. The lowest BCUT2D eigenvalue weighted by Crippen LogP contribution is -2.48. The van der Waals surface area contributed by atoms with Crippen LogP contribution in [0.25, 0.3) is 0 Å². The van der Waals surface area contributed by atoms with Crippen LogP contribution < -0.4 is 0 Å². The van der Waals surface area contributed by atoms with Crippen molar-refractivity contribution in [1.29, 1.82) is 0 Å². The Labute approximate surface area is 84.1 Å². The van der Waals surface area contributed by atoms with Crippen LogP contribution in [0.2, 0.25) is 0 Å². The number of carbonyl (C=O) groups is 1. The van der Waals surface area contributed by atoms with Crippen molar-refractivity contribution >= 4 is 17.7 Å². The molecule has 2 nitrogen and oxygen atoms in total. The highest BCUT2D eigenvalue weighted by Crippen LogP contribution is 2.54. The van der Waals surface area contributed by atoms with Crippen LogP contribution in [0, 0.1) is 5.41 Å². The zero-order valence-electron chi connectivity index (χ0n) is 8.59. The van der Waals surface area contributed by atoms with E-state index in [2.05, 4.69) is 25.7 Å². The molecule has 0 aromatic heterocycles. The van der Waals surface area contributed by atoms with Gasteiger partial charge in [-0.25, -0.2) is 0 Å². The third-order valence-corrected chi connectivity index (χ3v) is 5.14. The van der Waals surface area contributed by atoms with E-state index in [0.717, 1.165) is 25.1 Å². The second-order valence-corrected chi connectivity index (χ2v) is 6.30. The Morgan fingerprint density at radius 2 is 2.15 bits per heavy atom. The van der Waals surface area contributed by atoms with E-state index in [-0.39, 0.29) is 10.3 Å². The monoisotopic (exact) mass is 199 g/mol. The van der Waals surface area contributed by atoms with E-state index in [1.807, 2.05) is 11.8 Å². The quantitative estimate of drug-likeness (QED) is 0.595. The number of carbonyl (C=O) groups excluding carboxylic acids is 1. The van der Waals surface area contributed by atoms with Gasteiger partial charge in [0.25, 0.3) is 0 Å². The summed E-state index contributed by atoms with van der Waals surface area (Å²) in [7, 11) is 0. The number of hydrogen-bond acceptors (Lipinski definition) is 2. The maximum Gasteiger partial charge on any atom is 0.223 e. The molecule has 0 N–H and O–H groups in total. The minimum absolute atomic E-state index is 0.115. The van der Waals surface area contributed by atoms with E-state index in [1.54, 1.807) is 0 Å². The lowest BCUT2D eigenvalue weighted by Gasteiger charge is -2.42. The van der Waals surface area contributed by atoms with Crippen molar-refractivity contribution in [1.82, 2.24) is 4.90 Å². The lowest BCUT2D eigenvalue weighted by molar-refractivity contribution is -0.130. The molecule has 0 aromatic rings. The molecule has 3 heteroatoms. The number of thioether (sulfide) groups is 1. The summed E-state index contributed by atoms with van der Waals surface area (Å²) in [6.07, 6.45) is 1.80. The minimum atomic E-state index is 0.115. The van der Waals surface area contributed by atoms with Crippen molar-refractivity contribution in [3.05, 3.63) is 0 Å². The van der Waals surface area contributed by atoms with Crippen molar-refractivity contribution in [2.75, 3.05) is 12.3 Å². The average Bonchev–Trinajstić information content (AvgIpc) is 2.51. The molecule has 0 saturated carbocycles. The van der Waals surface area contributed by atoms with Crippen LogP contribution in [0.1, 0.15) is 33.6 Å². The third-order valence-electron chi connectivity index (χ3n) is 3.24. The highest BCUT2D eigenvalue weighted by Gasteiger charge is 2.55. The van der Waals surface area contributed by atoms with E-state index in [1.165, 1.54) is 0 Å². The molecule has 1 atom stereocenters. The van der Waals surface area contributed by atoms with Gasteiger partial charge in [0.05, 0.1) is 4.87 Å². The average molecular weight is 199 g/mol. The molecular weight excluding hydrogens is 182 g/mol. The van der Waals surface area contributed by atoms with E-state index < -0.39 is 0 Å². The first kappa shape index (κ1) is 9.38. The molecular formula is C10H17NOS. The molecule has 0 aliphatic carbocycles. The molecule has 2 fully saturated rings. The molecule has 0 spiro atoms. The van der Waals surface area contributed by atoms with Gasteiger partial charge in [0.1, 0.15) is 0 Å². The molecule has 2 aliphatic rings. The third kappa shape index (κ3) is 1.13. The molecule has 0 radical (unpaired) electrons. The summed E-state index contributed by atoms with van der Waals surface area (Å²) in [6.45, 7) is 7.70. The van der Waals surface area contributed by atoms with E-state index in [4.69, 9.17) is 0 Å². The van der Waals surface area contributed by atoms with Crippen molar-refractivity contribution < 1.29 is 4.79 Å². The number of rotatable bonds is 0. The molecule has 0 aromatic carbocycles. The van der Waals surface area contributed by atoms with Gasteiger partial charge >= 0.3 is 0 Å². The van der Waals surface area contributed by atoms with Crippen LogP contribution in [-0.2, 0) is 4.79 Å². The van der Waals surface area contributed by atoms with Crippen LogP contribution in [0.5, 0.6) is 0 Å². The number of hydrogen-bond donors (Lipinski definition) is 0. The molecule has 2 heterocycles. The Hall–Kier alpha value is -0.180. The first-order valence-electron chi connectivity index (χ1n) is 4.92. The molecule has 1 amide bonds. The normalized spacial score (nSPS) is 34.1. The standard InChI is InChI=1S/C10H17NOS/c1-9(2,3)10-5-4-8(12)11(10)6-7-13-10/h4-7H2,1-3H3. The van der Waals surface area contributed by atoms with E-state index >= 15 is 0 Å². The molecule has 2 rings (SSSR count). The van der Waals surface area contributed by atoms with Crippen LogP contribution in [0.15, 0.2) is 0 Å². The van der Waals surface area contributed by atoms with Crippen molar-refractivity contribution in [2.24, 2.45) is 5.41 Å². The summed E-state index contributed by atoms with van der Waals surface area (Å²) >= 11 is 1.98. The van der Waals surface area contributed by atoms with Crippen molar-refractivity contribution in [3.63, 3.8) is 0 Å². The van der Waals surface area contributed by atoms with Crippen LogP contribution in [0.4, 0.5) is 0 Å². The highest BCUT2D eigenvalue weighted by molar-refractivity contribution is 8.01. The minimum Gasteiger partial charge on any atom is -0.327 e. The summed E-state index contributed by atoms with van der Waals surface area (Å²) in [5.41, 5.74) is 0.209. The zero-order chi connectivity index (χ0) is 9.69. The lowest BCUT2D eigenvalue weighted by atomic mass is 9.84. The Bertz CT molecular complexity index is 246. The van der Waals surface area contributed by atoms with Gasteiger partial charge in [-0.1, -0.05) is 20.8 Å². The maximum absolute atomic E-state index is 11.6. The van der Waals surface area contributed by atoms with E-state index in [9.17, 15) is 4.79 Å². The molecule has 0 bridgehead atoms. The van der Waals surface area contributed by atoms with Gasteiger partial charge in [-0.3, -0.25) is 4.79 Å². The van der Waals surface area contributed by atoms with Crippen LogP contribution >= 0.6 is 11.8 Å². The predicted octanol–water partition coefficient (Wildman–Crippen LogP) is 2.10. The SMILES string of the molecule is CC(C)(C)C12CCC(=O)N1CCS2. The molecule has 2 aliphatic heterocycles. The fourth-order valence-electron chi connectivity index (χ4n) is 2.51. The zero-order valence-corrected chi connectivity index (χ0v) is 9.41. The second kappa shape index (κ2) is 2.66. The summed E-state index contributed by atoms with van der Waals surface area (Å²) in [5, 5.41) is 0. The number of fused-ring (bicyclic) bond motifs is 1. The van der Waals surface area contributed by atoms with Gasteiger partial charge in [-0.05, 0) is 11.8 Å². The Kier molecular flexibility index (Phi) is 1.92. The Morgan fingerprint density at radius 1 is 1.46 bits per heavy atom. The second-order valence-electron chi connectivity index (χ2n) is 4.93. The Morgan fingerprint density at radius 3 is 2.69 bits per heavy atom. The number of nitrogens with zero attached hydrogens (tertiary/aromatic N) is 1. The fraction of sp³-hybridized carbons (Fsp3) is 0.900. The van der Waals surface area contributed by atoms with Gasteiger partial charge in [0, 0.05) is 18.7 Å². The van der Waals surface area contributed by atoms with Gasteiger partial charge in [0.2, 0.25) is 5.91 Å². The molecule has 74 valence electrons. The summed E-state index contributed by atoms with van der Waals surface area (Å²) in [5.74, 6) is 1.48. The predicted molar refractivity (Wildman–Crippen MR) is 55.6 cm³/mol. The van der Waals surface area contributed by atoms with Gasteiger partial charge in [-0.2, -0.15) is 0 Å². The smallest absolute Gasteiger partial charge is 0.223 e. The van der Waals surface area contributed by atoms with Crippen molar-refractivity contribution in [3.8, 4) is 0 Å². The Balaban J connectivity index is 2.36.